The smallest absolute Gasteiger partial charge is 0.177 e. The first-order valence-electron chi connectivity index (χ1n) is 8.36. The van der Waals surface area contributed by atoms with Crippen molar-refractivity contribution in [3.8, 4) is 0 Å². The van der Waals surface area contributed by atoms with Gasteiger partial charge in [0, 0.05) is 26.1 Å². The molecule has 2 N–H and O–H groups in total. The monoisotopic (exact) mass is 326 g/mol. The molecule has 1 fully saturated rings. The fraction of sp³-hybridized carbons (Fsp3) is 0.562. The summed E-state index contributed by atoms with van der Waals surface area (Å²) in [6.07, 6.45) is 5.64. The first-order valence-corrected chi connectivity index (χ1v) is 8.36. The van der Waals surface area contributed by atoms with Crippen LogP contribution < -0.4 is 5.73 Å². The van der Waals surface area contributed by atoms with Crippen LogP contribution in [-0.4, -0.2) is 34.3 Å². The van der Waals surface area contributed by atoms with Gasteiger partial charge in [0.1, 0.15) is 5.82 Å². The Kier molecular flexibility index (Phi) is 3.56. The lowest BCUT2D eigenvalue weighted by atomic mass is 10.2. The average Bonchev–Trinajstić information content (AvgIpc) is 3.21. The molecular weight excluding hydrogens is 304 g/mol. The number of aryl methyl sites for hydroxylation is 5. The molecular formula is C16H22N8. The van der Waals surface area contributed by atoms with Crippen molar-refractivity contribution in [2.24, 2.45) is 18.7 Å². The molecule has 0 spiro atoms. The van der Waals surface area contributed by atoms with Crippen LogP contribution in [0.5, 0.6) is 0 Å². The Labute approximate surface area is 140 Å². The molecule has 0 aliphatic heterocycles. The second kappa shape index (κ2) is 5.62. The summed E-state index contributed by atoms with van der Waals surface area (Å²) in [5.41, 5.74) is 8.88. The van der Waals surface area contributed by atoms with Crippen LogP contribution in [-0.2, 0) is 19.9 Å². The number of aromatic nitrogens is 7. The Morgan fingerprint density at radius 1 is 1.21 bits per heavy atom. The molecule has 3 aromatic rings. The Bertz CT molecular complexity index is 850. The normalized spacial score (nSPS) is 16.0. The Morgan fingerprint density at radius 2 is 2.00 bits per heavy atom. The third kappa shape index (κ3) is 2.66. The second-order valence-electron chi connectivity index (χ2n) is 6.62. The quantitative estimate of drug-likeness (QED) is 0.752. The van der Waals surface area contributed by atoms with Crippen molar-refractivity contribution in [2.75, 3.05) is 0 Å². The van der Waals surface area contributed by atoms with Gasteiger partial charge >= 0.3 is 0 Å². The molecule has 1 aliphatic carbocycles. The van der Waals surface area contributed by atoms with Crippen LogP contribution >= 0.6 is 0 Å². The van der Waals surface area contributed by atoms with Gasteiger partial charge in [-0.2, -0.15) is 10.2 Å². The van der Waals surface area contributed by atoms with E-state index in [9.17, 15) is 0 Å². The molecule has 1 atom stereocenters. The minimum absolute atomic E-state index is 0.0327. The van der Waals surface area contributed by atoms with E-state index >= 15 is 0 Å². The summed E-state index contributed by atoms with van der Waals surface area (Å²) >= 11 is 0. The lowest BCUT2D eigenvalue weighted by Gasteiger charge is -2.02. The first kappa shape index (κ1) is 15.2. The van der Waals surface area contributed by atoms with Crippen molar-refractivity contribution in [1.29, 1.82) is 0 Å². The third-order valence-corrected chi connectivity index (χ3v) is 4.62. The lowest BCUT2D eigenvalue weighted by molar-refractivity contribution is 0.584. The van der Waals surface area contributed by atoms with Crippen molar-refractivity contribution in [3.05, 3.63) is 35.1 Å². The summed E-state index contributed by atoms with van der Waals surface area (Å²) in [4.78, 5) is 13.6. The van der Waals surface area contributed by atoms with Crippen LogP contribution in [0.3, 0.4) is 0 Å². The first-order chi connectivity index (χ1) is 11.5. The van der Waals surface area contributed by atoms with Gasteiger partial charge in [-0.1, -0.05) is 0 Å². The zero-order chi connectivity index (χ0) is 16.8. The van der Waals surface area contributed by atoms with Crippen molar-refractivity contribution in [2.45, 2.75) is 45.6 Å². The van der Waals surface area contributed by atoms with Crippen LogP contribution in [0.25, 0.3) is 5.65 Å². The minimum Gasteiger partial charge on any atom is -0.321 e. The van der Waals surface area contributed by atoms with E-state index in [2.05, 4.69) is 25.1 Å². The number of nitrogens with two attached hydrogens (primary N) is 1. The molecule has 1 aliphatic rings. The van der Waals surface area contributed by atoms with Crippen molar-refractivity contribution in [1.82, 2.24) is 34.3 Å². The SMILES string of the molecule is Cc1ncc(C)n2nc(CCc3nc(C(N)C4CC4)nn3C)nc12. The maximum Gasteiger partial charge on any atom is 0.177 e. The second-order valence-corrected chi connectivity index (χ2v) is 6.62. The summed E-state index contributed by atoms with van der Waals surface area (Å²) in [6.45, 7) is 3.92. The fourth-order valence-corrected chi connectivity index (χ4v) is 2.93. The molecule has 4 rings (SSSR count). The van der Waals surface area contributed by atoms with Gasteiger partial charge in [-0.15, -0.1) is 0 Å². The zero-order valence-corrected chi connectivity index (χ0v) is 14.3. The molecule has 0 saturated heterocycles. The van der Waals surface area contributed by atoms with Crippen LogP contribution in [0.15, 0.2) is 6.20 Å². The largest absolute Gasteiger partial charge is 0.321 e. The highest BCUT2D eigenvalue weighted by Crippen LogP contribution is 2.38. The zero-order valence-electron chi connectivity index (χ0n) is 14.3. The fourth-order valence-electron chi connectivity index (χ4n) is 2.93. The van der Waals surface area contributed by atoms with Crippen molar-refractivity contribution >= 4 is 5.65 Å². The van der Waals surface area contributed by atoms with E-state index < -0.39 is 0 Å². The van der Waals surface area contributed by atoms with Gasteiger partial charge < -0.3 is 5.73 Å². The predicted molar refractivity (Wildman–Crippen MR) is 88.3 cm³/mol. The third-order valence-electron chi connectivity index (χ3n) is 4.62. The van der Waals surface area contributed by atoms with Gasteiger partial charge in [0.05, 0.1) is 17.4 Å². The Balaban J connectivity index is 1.52. The summed E-state index contributed by atoms with van der Waals surface area (Å²) in [5, 5.41) is 9.06. The summed E-state index contributed by atoms with van der Waals surface area (Å²) < 4.78 is 3.67. The van der Waals surface area contributed by atoms with Crippen molar-refractivity contribution < 1.29 is 0 Å². The molecule has 1 saturated carbocycles. The van der Waals surface area contributed by atoms with Crippen LogP contribution in [0.4, 0.5) is 0 Å². The maximum absolute atomic E-state index is 6.20. The van der Waals surface area contributed by atoms with E-state index in [1.165, 1.54) is 12.8 Å². The Morgan fingerprint density at radius 3 is 2.71 bits per heavy atom. The highest BCUT2D eigenvalue weighted by molar-refractivity contribution is 5.43. The van der Waals surface area contributed by atoms with Gasteiger partial charge in [-0.25, -0.2) is 14.5 Å². The topological polar surface area (TPSA) is 99.8 Å². The number of fused-ring (bicyclic) bond motifs is 1. The van der Waals surface area contributed by atoms with E-state index in [0.29, 0.717) is 12.3 Å². The molecule has 3 aromatic heterocycles. The molecule has 0 bridgehead atoms. The standard InChI is InChI=1S/C16H22N8/c1-9-8-18-10(2)16-19-12(21-24(9)16)6-7-13-20-15(22-23(13)3)14(17)11-4-5-11/h8,11,14H,4-7,17H2,1-3H3. The molecule has 0 amide bonds. The van der Waals surface area contributed by atoms with Gasteiger partial charge in [-0.3, -0.25) is 9.67 Å². The maximum atomic E-state index is 6.20. The van der Waals surface area contributed by atoms with Crippen LogP contribution in [0, 0.1) is 19.8 Å². The summed E-state index contributed by atoms with van der Waals surface area (Å²) in [6, 6.07) is -0.0327. The average molecular weight is 326 g/mol. The lowest BCUT2D eigenvalue weighted by Crippen LogP contribution is -2.14. The van der Waals surface area contributed by atoms with Gasteiger partial charge in [-0.05, 0) is 32.6 Å². The highest BCUT2D eigenvalue weighted by Gasteiger charge is 2.32. The van der Waals surface area contributed by atoms with Crippen LogP contribution in [0.2, 0.25) is 0 Å². The molecule has 3 heterocycles. The van der Waals surface area contributed by atoms with Crippen LogP contribution in [0.1, 0.15) is 47.7 Å². The minimum atomic E-state index is -0.0327. The van der Waals surface area contributed by atoms with Gasteiger partial charge in [0.15, 0.2) is 17.3 Å². The summed E-state index contributed by atoms with van der Waals surface area (Å²) in [7, 11) is 1.92. The van der Waals surface area contributed by atoms with E-state index in [0.717, 1.165) is 40.9 Å². The van der Waals surface area contributed by atoms with E-state index in [1.807, 2.05) is 36.3 Å². The Hall–Kier alpha value is -2.35. The van der Waals surface area contributed by atoms with Gasteiger partial charge in [0.2, 0.25) is 0 Å². The molecule has 8 heteroatoms. The summed E-state index contributed by atoms with van der Waals surface area (Å²) in [5.74, 6) is 3.03. The molecule has 0 aromatic carbocycles. The predicted octanol–water partition coefficient (Wildman–Crippen LogP) is 1.06. The van der Waals surface area contributed by atoms with Crippen molar-refractivity contribution in [3.63, 3.8) is 0 Å². The highest BCUT2D eigenvalue weighted by atomic mass is 15.3. The number of rotatable bonds is 5. The molecule has 1 unspecified atom stereocenters. The number of hydrogen-bond donors (Lipinski definition) is 1. The van der Waals surface area contributed by atoms with E-state index in [4.69, 9.17) is 5.73 Å². The molecule has 126 valence electrons. The molecule has 24 heavy (non-hydrogen) atoms. The van der Waals surface area contributed by atoms with E-state index in [1.54, 1.807) is 0 Å². The molecule has 0 radical (unpaired) electrons. The number of hydrogen-bond acceptors (Lipinski definition) is 6. The number of nitrogens with zero attached hydrogens (tertiary/aromatic N) is 7. The molecule has 8 nitrogen and oxygen atoms in total. The van der Waals surface area contributed by atoms with Gasteiger partial charge in [0.25, 0.3) is 0 Å². The van der Waals surface area contributed by atoms with E-state index in [-0.39, 0.29) is 6.04 Å².